The van der Waals surface area contributed by atoms with Crippen molar-refractivity contribution in [2.75, 3.05) is 26.7 Å². The Hall–Kier alpha value is -3.61. The Kier molecular flexibility index (Phi) is 5.79. The molecular weight excluding hydrogens is 382 g/mol. The second kappa shape index (κ2) is 8.82. The minimum Gasteiger partial charge on any atom is -0.497 e. The number of ether oxygens (including phenoxy) is 2. The Morgan fingerprint density at radius 1 is 1.17 bits per heavy atom. The molecule has 3 aromatic rings. The summed E-state index contributed by atoms with van der Waals surface area (Å²) in [7, 11) is 1.54. The lowest BCUT2D eigenvalue weighted by Crippen LogP contribution is -2.39. The SMILES string of the molecule is COc1cccc(C(=O)NCC(=O)N2CCC(Oc3cccc4cccnc34)C2)c1. The smallest absolute Gasteiger partial charge is 0.251 e. The van der Waals surface area contributed by atoms with E-state index in [1.165, 1.54) is 0 Å². The molecule has 1 N–H and O–H groups in total. The first-order chi connectivity index (χ1) is 14.6. The Labute approximate surface area is 174 Å². The number of carbonyl (C=O) groups excluding carboxylic acids is 2. The van der Waals surface area contributed by atoms with Crippen molar-refractivity contribution in [2.45, 2.75) is 12.5 Å². The summed E-state index contributed by atoms with van der Waals surface area (Å²) in [6.07, 6.45) is 2.37. The molecule has 30 heavy (non-hydrogen) atoms. The number of para-hydroxylation sites is 1. The summed E-state index contributed by atoms with van der Waals surface area (Å²) in [6, 6.07) is 16.5. The molecule has 0 aliphatic carbocycles. The molecule has 2 aromatic carbocycles. The number of fused-ring (bicyclic) bond motifs is 1. The van der Waals surface area contributed by atoms with Crippen LogP contribution in [-0.2, 0) is 4.79 Å². The van der Waals surface area contributed by atoms with Crippen molar-refractivity contribution in [3.05, 3.63) is 66.4 Å². The number of benzene rings is 2. The summed E-state index contributed by atoms with van der Waals surface area (Å²) in [5.74, 6) is 0.875. The monoisotopic (exact) mass is 405 g/mol. The largest absolute Gasteiger partial charge is 0.497 e. The zero-order valence-corrected chi connectivity index (χ0v) is 16.7. The van der Waals surface area contributed by atoms with Gasteiger partial charge in [0.25, 0.3) is 5.91 Å². The molecule has 4 rings (SSSR count). The van der Waals surface area contributed by atoms with Gasteiger partial charge in [-0.05, 0) is 30.3 Å². The Balaban J connectivity index is 1.31. The summed E-state index contributed by atoms with van der Waals surface area (Å²) in [5, 5.41) is 3.69. The third-order valence-corrected chi connectivity index (χ3v) is 5.12. The Morgan fingerprint density at radius 3 is 2.87 bits per heavy atom. The lowest BCUT2D eigenvalue weighted by atomic mass is 10.2. The van der Waals surface area contributed by atoms with E-state index in [9.17, 15) is 9.59 Å². The average Bonchev–Trinajstić information content (AvgIpc) is 3.26. The molecule has 1 unspecified atom stereocenters. The molecule has 1 fully saturated rings. The van der Waals surface area contributed by atoms with E-state index in [1.807, 2.05) is 30.3 Å². The Morgan fingerprint density at radius 2 is 2.00 bits per heavy atom. The molecule has 7 heteroatoms. The van der Waals surface area contributed by atoms with E-state index in [-0.39, 0.29) is 24.5 Å². The van der Waals surface area contributed by atoms with Gasteiger partial charge in [0.15, 0.2) is 0 Å². The van der Waals surface area contributed by atoms with Crippen molar-refractivity contribution in [1.82, 2.24) is 15.2 Å². The first-order valence-corrected chi connectivity index (χ1v) is 9.84. The average molecular weight is 405 g/mol. The third-order valence-electron chi connectivity index (χ3n) is 5.12. The number of aromatic nitrogens is 1. The minimum absolute atomic E-state index is 0.0570. The normalized spacial score (nSPS) is 15.8. The number of pyridine rings is 1. The number of hydrogen-bond acceptors (Lipinski definition) is 5. The highest BCUT2D eigenvalue weighted by Gasteiger charge is 2.28. The number of hydrogen-bond donors (Lipinski definition) is 1. The van der Waals surface area contributed by atoms with Gasteiger partial charge in [0.05, 0.1) is 20.2 Å². The first kappa shape index (κ1) is 19.7. The van der Waals surface area contributed by atoms with Crippen LogP contribution in [0.3, 0.4) is 0 Å². The van der Waals surface area contributed by atoms with Crippen LogP contribution in [0, 0.1) is 0 Å². The molecule has 2 heterocycles. The van der Waals surface area contributed by atoms with Crippen LogP contribution in [-0.4, -0.2) is 54.5 Å². The quantitative estimate of drug-likeness (QED) is 0.682. The van der Waals surface area contributed by atoms with Crippen molar-refractivity contribution in [2.24, 2.45) is 0 Å². The molecule has 2 amide bonds. The van der Waals surface area contributed by atoms with Gasteiger partial charge in [-0.2, -0.15) is 0 Å². The van der Waals surface area contributed by atoms with Gasteiger partial charge in [0.1, 0.15) is 23.1 Å². The van der Waals surface area contributed by atoms with Gasteiger partial charge in [0.2, 0.25) is 5.91 Å². The second-order valence-corrected chi connectivity index (χ2v) is 7.11. The van der Waals surface area contributed by atoms with E-state index in [0.29, 0.717) is 24.4 Å². The fraction of sp³-hybridized carbons (Fsp3) is 0.261. The predicted molar refractivity (Wildman–Crippen MR) is 113 cm³/mol. The van der Waals surface area contributed by atoms with Crippen LogP contribution in [0.15, 0.2) is 60.8 Å². The number of methoxy groups -OCH3 is 1. The van der Waals surface area contributed by atoms with Gasteiger partial charge in [0, 0.05) is 30.1 Å². The van der Waals surface area contributed by atoms with Gasteiger partial charge in [-0.1, -0.05) is 24.3 Å². The fourth-order valence-electron chi connectivity index (χ4n) is 3.54. The molecule has 0 saturated carbocycles. The summed E-state index contributed by atoms with van der Waals surface area (Å²) in [6.45, 7) is 1.02. The van der Waals surface area contributed by atoms with Crippen LogP contribution in [0.1, 0.15) is 16.8 Å². The number of likely N-dealkylation sites (tertiary alicyclic amines) is 1. The highest BCUT2D eigenvalue weighted by molar-refractivity contribution is 5.96. The van der Waals surface area contributed by atoms with Crippen LogP contribution in [0.25, 0.3) is 10.9 Å². The van der Waals surface area contributed by atoms with Crippen LogP contribution < -0.4 is 14.8 Å². The van der Waals surface area contributed by atoms with Crippen molar-refractivity contribution in [3.63, 3.8) is 0 Å². The van der Waals surface area contributed by atoms with Gasteiger partial charge >= 0.3 is 0 Å². The van der Waals surface area contributed by atoms with Crippen LogP contribution in [0.5, 0.6) is 11.5 Å². The van der Waals surface area contributed by atoms with E-state index in [1.54, 1.807) is 42.5 Å². The zero-order chi connectivity index (χ0) is 20.9. The maximum Gasteiger partial charge on any atom is 0.251 e. The molecule has 154 valence electrons. The zero-order valence-electron chi connectivity index (χ0n) is 16.7. The second-order valence-electron chi connectivity index (χ2n) is 7.11. The van der Waals surface area contributed by atoms with Gasteiger partial charge in [-0.3, -0.25) is 14.6 Å². The summed E-state index contributed by atoms with van der Waals surface area (Å²) in [4.78, 5) is 30.9. The third kappa shape index (κ3) is 4.35. The predicted octanol–water partition coefficient (Wildman–Crippen LogP) is 2.65. The number of carbonyl (C=O) groups is 2. The van der Waals surface area contributed by atoms with Crippen LogP contribution in [0.2, 0.25) is 0 Å². The number of amides is 2. The Bertz CT molecular complexity index is 1060. The van der Waals surface area contributed by atoms with Crippen molar-refractivity contribution < 1.29 is 19.1 Å². The molecule has 0 radical (unpaired) electrons. The van der Waals surface area contributed by atoms with E-state index in [2.05, 4.69) is 10.3 Å². The maximum absolute atomic E-state index is 12.5. The molecule has 1 aliphatic heterocycles. The van der Waals surface area contributed by atoms with Crippen molar-refractivity contribution in [1.29, 1.82) is 0 Å². The topological polar surface area (TPSA) is 80.8 Å². The summed E-state index contributed by atoms with van der Waals surface area (Å²) < 4.78 is 11.3. The van der Waals surface area contributed by atoms with Gasteiger partial charge in [-0.25, -0.2) is 0 Å². The number of nitrogens with one attached hydrogen (secondary N) is 1. The molecule has 1 aromatic heterocycles. The lowest BCUT2D eigenvalue weighted by molar-refractivity contribution is -0.129. The van der Waals surface area contributed by atoms with Crippen LogP contribution >= 0.6 is 0 Å². The van der Waals surface area contributed by atoms with Gasteiger partial charge in [-0.15, -0.1) is 0 Å². The molecule has 1 saturated heterocycles. The highest BCUT2D eigenvalue weighted by Crippen LogP contribution is 2.26. The minimum atomic E-state index is -0.309. The summed E-state index contributed by atoms with van der Waals surface area (Å²) >= 11 is 0. The molecule has 0 spiro atoms. The highest BCUT2D eigenvalue weighted by atomic mass is 16.5. The molecule has 1 aliphatic rings. The maximum atomic E-state index is 12.5. The standard InChI is InChI=1S/C23H23N3O4/c1-29-18-8-2-6-17(13-18)23(28)25-14-21(27)26-12-10-19(15-26)30-20-9-3-5-16-7-4-11-24-22(16)20/h2-9,11,13,19H,10,12,14-15H2,1H3,(H,25,28). The molecular formula is C23H23N3O4. The van der Waals surface area contributed by atoms with E-state index < -0.39 is 0 Å². The van der Waals surface area contributed by atoms with Gasteiger partial charge < -0.3 is 19.7 Å². The van der Waals surface area contributed by atoms with Crippen molar-refractivity contribution >= 4 is 22.7 Å². The lowest BCUT2D eigenvalue weighted by Gasteiger charge is -2.18. The first-order valence-electron chi connectivity index (χ1n) is 9.84. The van der Waals surface area contributed by atoms with E-state index >= 15 is 0 Å². The van der Waals surface area contributed by atoms with E-state index in [0.717, 1.165) is 23.1 Å². The van der Waals surface area contributed by atoms with Crippen LogP contribution in [0.4, 0.5) is 0 Å². The molecule has 0 bridgehead atoms. The van der Waals surface area contributed by atoms with Crippen molar-refractivity contribution in [3.8, 4) is 11.5 Å². The number of rotatable bonds is 6. The number of nitrogens with zero attached hydrogens (tertiary/aromatic N) is 2. The molecule has 1 atom stereocenters. The van der Waals surface area contributed by atoms with E-state index in [4.69, 9.17) is 9.47 Å². The fourth-order valence-corrected chi connectivity index (χ4v) is 3.54. The summed E-state index contributed by atoms with van der Waals surface area (Å²) in [5.41, 5.74) is 1.27. The molecule has 7 nitrogen and oxygen atoms in total.